The monoisotopic (exact) mass is 286 g/mol. The molecule has 0 saturated carbocycles. The molecule has 0 bridgehead atoms. The molecule has 5 heteroatoms. The van der Waals surface area contributed by atoms with E-state index in [0.29, 0.717) is 6.54 Å². The third kappa shape index (κ3) is 2.59. The molecule has 0 radical (unpaired) electrons. The highest BCUT2D eigenvalue weighted by atomic mass is 19.1. The molecule has 1 N–H and O–H groups in total. The van der Waals surface area contributed by atoms with Crippen molar-refractivity contribution in [2.45, 2.75) is 18.9 Å². The summed E-state index contributed by atoms with van der Waals surface area (Å²) in [6.45, 7) is 0.606. The van der Waals surface area contributed by atoms with Crippen LogP contribution in [0, 0.1) is 5.82 Å². The van der Waals surface area contributed by atoms with E-state index >= 15 is 0 Å². The molecule has 2 aromatic rings. The first kappa shape index (κ1) is 13.5. The summed E-state index contributed by atoms with van der Waals surface area (Å²) in [5.41, 5.74) is 0.661. The maximum absolute atomic E-state index is 13.0. The van der Waals surface area contributed by atoms with Crippen molar-refractivity contribution in [3.05, 3.63) is 69.9 Å². The minimum atomic E-state index is -0.382. The topological polar surface area (TPSA) is 53.2 Å². The Morgan fingerprint density at radius 1 is 1.24 bits per heavy atom. The first-order chi connectivity index (χ1) is 10.2. The molecule has 3 rings (SSSR count). The summed E-state index contributed by atoms with van der Waals surface area (Å²) in [6.07, 6.45) is 3.20. The minimum absolute atomic E-state index is 0.0993. The van der Waals surface area contributed by atoms with Crippen LogP contribution in [0.5, 0.6) is 0 Å². The Bertz CT molecular complexity index is 709. The Kier molecular flexibility index (Phi) is 3.56. The van der Waals surface area contributed by atoms with Crippen molar-refractivity contribution in [2.24, 2.45) is 0 Å². The van der Waals surface area contributed by atoms with Crippen molar-refractivity contribution in [1.29, 1.82) is 0 Å². The van der Waals surface area contributed by atoms with Gasteiger partial charge in [0, 0.05) is 12.7 Å². The predicted molar refractivity (Wildman–Crippen MR) is 76.5 cm³/mol. The molecule has 21 heavy (non-hydrogen) atoms. The van der Waals surface area contributed by atoms with Gasteiger partial charge in [-0.2, -0.15) is 0 Å². The molecule has 108 valence electrons. The fourth-order valence-electron chi connectivity index (χ4n) is 2.79. The first-order valence-corrected chi connectivity index (χ1v) is 6.91. The second-order valence-electron chi connectivity index (χ2n) is 5.12. The maximum atomic E-state index is 13.0. The van der Waals surface area contributed by atoms with Gasteiger partial charge in [-0.3, -0.25) is 9.59 Å². The number of pyridine rings is 1. The van der Waals surface area contributed by atoms with E-state index in [2.05, 4.69) is 4.98 Å². The fraction of sp³-hybridized carbons (Fsp3) is 0.250. The molecule has 0 aliphatic carbocycles. The highest BCUT2D eigenvalue weighted by Crippen LogP contribution is 2.32. The second kappa shape index (κ2) is 5.52. The number of aromatic nitrogens is 1. The van der Waals surface area contributed by atoms with Crippen LogP contribution < -0.4 is 5.56 Å². The van der Waals surface area contributed by atoms with Crippen LogP contribution >= 0.6 is 0 Å². The van der Waals surface area contributed by atoms with Gasteiger partial charge < -0.3 is 9.88 Å². The van der Waals surface area contributed by atoms with Crippen LogP contribution in [-0.2, 0) is 0 Å². The van der Waals surface area contributed by atoms with Gasteiger partial charge in [0.2, 0.25) is 0 Å². The molecule has 1 fully saturated rings. The molecular weight excluding hydrogens is 271 g/mol. The molecule has 4 nitrogen and oxygen atoms in total. The van der Waals surface area contributed by atoms with Crippen LogP contribution in [0.15, 0.2) is 47.4 Å². The summed E-state index contributed by atoms with van der Waals surface area (Å²) in [7, 11) is 0. The number of rotatable bonds is 2. The Labute approximate surface area is 121 Å². The molecule has 1 aliphatic rings. The van der Waals surface area contributed by atoms with Gasteiger partial charge in [-0.25, -0.2) is 4.39 Å². The van der Waals surface area contributed by atoms with Crippen LogP contribution in [0.25, 0.3) is 0 Å². The molecular formula is C16H15FN2O2. The lowest BCUT2D eigenvalue weighted by molar-refractivity contribution is 0.0734. The largest absolute Gasteiger partial charge is 0.331 e. The number of benzene rings is 1. The fourth-order valence-corrected chi connectivity index (χ4v) is 2.79. The maximum Gasteiger partial charge on any atom is 0.260 e. The van der Waals surface area contributed by atoms with Crippen molar-refractivity contribution in [3.63, 3.8) is 0 Å². The Morgan fingerprint density at radius 2 is 2.00 bits per heavy atom. The van der Waals surface area contributed by atoms with Gasteiger partial charge in [-0.05, 0) is 42.7 Å². The summed E-state index contributed by atoms with van der Waals surface area (Å²) in [5, 5.41) is 0. The van der Waals surface area contributed by atoms with E-state index in [0.717, 1.165) is 18.4 Å². The predicted octanol–water partition coefficient (Wildman–Crippen LogP) is 2.49. The molecule has 1 amide bonds. The average molecular weight is 286 g/mol. The second-order valence-corrected chi connectivity index (χ2v) is 5.12. The first-order valence-electron chi connectivity index (χ1n) is 6.91. The van der Waals surface area contributed by atoms with E-state index in [-0.39, 0.29) is 28.9 Å². The zero-order valence-electron chi connectivity index (χ0n) is 11.4. The number of amides is 1. The summed E-state index contributed by atoms with van der Waals surface area (Å²) in [4.78, 5) is 28.5. The molecule has 0 spiro atoms. The number of halogens is 1. The lowest BCUT2D eigenvalue weighted by Gasteiger charge is -2.24. The van der Waals surface area contributed by atoms with Gasteiger partial charge in [-0.15, -0.1) is 0 Å². The van der Waals surface area contributed by atoms with Gasteiger partial charge in [0.25, 0.3) is 11.5 Å². The number of nitrogens with zero attached hydrogens (tertiary/aromatic N) is 1. The van der Waals surface area contributed by atoms with E-state index < -0.39 is 0 Å². The van der Waals surface area contributed by atoms with Crippen molar-refractivity contribution in [1.82, 2.24) is 9.88 Å². The van der Waals surface area contributed by atoms with Gasteiger partial charge in [0.05, 0.1) is 6.04 Å². The van der Waals surface area contributed by atoms with E-state index in [1.807, 2.05) is 0 Å². The van der Waals surface area contributed by atoms with E-state index in [1.165, 1.54) is 24.4 Å². The van der Waals surface area contributed by atoms with Crippen molar-refractivity contribution in [2.75, 3.05) is 6.54 Å². The van der Waals surface area contributed by atoms with Crippen LogP contribution in [0.3, 0.4) is 0 Å². The highest BCUT2D eigenvalue weighted by molar-refractivity contribution is 5.94. The number of nitrogens with one attached hydrogen (secondary N) is 1. The van der Waals surface area contributed by atoms with Crippen LogP contribution in [-0.4, -0.2) is 22.3 Å². The molecule has 1 aliphatic heterocycles. The van der Waals surface area contributed by atoms with Crippen LogP contribution in [0.4, 0.5) is 4.39 Å². The normalized spacial score (nSPS) is 18.0. The smallest absolute Gasteiger partial charge is 0.260 e. The molecule has 0 unspecified atom stereocenters. The van der Waals surface area contributed by atoms with Crippen LogP contribution in [0.2, 0.25) is 0 Å². The molecule has 1 aromatic carbocycles. The van der Waals surface area contributed by atoms with Crippen molar-refractivity contribution in [3.8, 4) is 0 Å². The Hall–Kier alpha value is -2.43. The number of aromatic amines is 1. The molecule has 2 heterocycles. The standard InChI is InChI=1S/C16H15FN2O2/c17-12-7-5-11(6-8-12)14-4-2-10-19(14)16(21)13-3-1-9-18-15(13)20/h1,3,5-9,14H,2,4,10H2,(H,18,20)/t14-/m1/s1. The van der Waals surface area contributed by atoms with Crippen molar-refractivity contribution < 1.29 is 9.18 Å². The Morgan fingerprint density at radius 3 is 2.71 bits per heavy atom. The van der Waals surface area contributed by atoms with E-state index in [1.54, 1.807) is 23.1 Å². The quantitative estimate of drug-likeness (QED) is 0.922. The van der Waals surface area contributed by atoms with Crippen LogP contribution in [0.1, 0.15) is 34.8 Å². The summed E-state index contributed by atoms with van der Waals surface area (Å²) in [6, 6.07) is 9.25. The summed E-state index contributed by atoms with van der Waals surface area (Å²) in [5.74, 6) is -0.571. The van der Waals surface area contributed by atoms with Gasteiger partial charge in [0.1, 0.15) is 11.4 Å². The van der Waals surface area contributed by atoms with E-state index in [9.17, 15) is 14.0 Å². The third-order valence-electron chi connectivity index (χ3n) is 3.82. The lowest BCUT2D eigenvalue weighted by atomic mass is 10.0. The summed E-state index contributed by atoms with van der Waals surface area (Å²) >= 11 is 0. The molecule has 1 atom stereocenters. The zero-order valence-corrected chi connectivity index (χ0v) is 11.4. The number of carbonyl (C=O) groups is 1. The average Bonchev–Trinajstić information content (AvgIpc) is 2.97. The number of carbonyl (C=O) groups excluding carboxylic acids is 1. The number of hydrogen-bond acceptors (Lipinski definition) is 2. The zero-order chi connectivity index (χ0) is 14.8. The summed E-state index contributed by atoms with van der Waals surface area (Å²) < 4.78 is 13.0. The van der Waals surface area contributed by atoms with Gasteiger partial charge in [0.15, 0.2) is 0 Å². The molecule has 1 aromatic heterocycles. The third-order valence-corrected chi connectivity index (χ3v) is 3.82. The van der Waals surface area contributed by atoms with Crippen molar-refractivity contribution >= 4 is 5.91 Å². The van der Waals surface area contributed by atoms with Gasteiger partial charge in [-0.1, -0.05) is 12.1 Å². The van der Waals surface area contributed by atoms with E-state index in [4.69, 9.17) is 0 Å². The molecule has 1 saturated heterocycles. The lowest BCUT2D eigenvalue weighted by Crippen LogP contribution is -2.34. The SMILES string of the molecule is O=C(c1ccc[nH]c1=O)N1CCC[C@@H]1c1ccc(F)cc1. The number of H-pyrrole nitrogens is 1. The Balaban J connectivity index is 1.91. The highest BCUT2D eigenvalue weighted by Gasteiger charge is 2.31. The number of likely N-dealkylation sites (tertiary alicyclic amines) is 1. The number of hydrogen-bond donors (Lipinski definition) is 1. The van der Waals surface area contributed by atoms with Gasteiger partial charge >= 0.3 is 0 Å². The minimum Gasteiger partial charge on any atom is -0.331 e.